The van der Waals surface area contributed by atoms with Crippen LogP contribution in [0.4, 0.5) is 5.69 Å². The number of ether oxygens (including phenoxy) is 1. The average molecular weight is 336 g/mol. The van der Waals surface area contributed by atoms with E-state index in [-0.39, 0.29) is 0 Å². The molecule has 104 valence electrons. The van der Waals surface area contributed by atoms with Crippen molar-refractivity contribution in [3.8, 4) is 5.75 Å². The van der Waals surface area contributed by atoms with E-state index in [0.29, 0.717) is 17.0 Å². The number of carboxylic acids is 1. The fourth-order valence-corrected chi connectivity index (χ4v) is 2.31. The molecule has 1 unspecified atom stereocenters. The van der Waals surface area contributed by atoms with E-state index < -0.39 is 12.0 Å². The highest BCUT2D eigenvalue weighted by molar-refractivity contribution is 9.10. The van der Waals surface area contributed by atoms with Gasteiger partial charge in [0.05, 0.1) is 7.11 Å². The molecule has 0 saturated heterocycles. The first-order valence-electron chi connectivity index (χ1n) is 6.00. The third kappa shape index (κ3) is 3.11. The molecular weight excluding hydrogens is 322 g/mol. The molecule has 0 aliphatic carbocycles. The van der Waals surface area contributed by atoms with Crippen molar-refractivity contribution in [1.82, 2.24) is 0 Å². The van der Waals surface area contributed by atoms with Crippen LogP contribution in [-0.2, 0) is 4.79 Å². The zero-order valence-corrected chi connectivity index (χ0v) is 12.4. The highest BCUT2D eigenvalue weighted by Crippen LogP contribution is 2.30. The van der Waals surface area contributed by atoms with E-state index in [1.165, 1.54) is 7.11 Å². The van der Waals surface area contributed by atoms with Crippen molar-refractivity contribution >= 4 is 27.6 Å². The van der Waals surface area contributed by atoms with Crippen molar-refractivity contribution in [3.63, 3.8) is 0 Å². The Balaban J connectivity index is 2.37. The third-order valence-electron chi connectivity index (χ3n) is 2.87. The summed E-state index contributed by atoms with van der Waals surface area (Å²) in [6.07, 6.45) is 0. The largest absolute Gasteiger partial charge is 0.496 e. The number of aliphatic carboxylic acids is 1. The van der Waals surface area contributed by atoms with Crippen LogP contribution in [0.2, 0.25) is 0 Å². The number of carbonyl (C=O) groups is 1. The Morgan fingerprint density at radius 3 is 2.50 bits per heavy atom. The topological polar surface area (TPSA) is 58.6 Å². The summed E-state index contributed by atoms with van der Waals surface area (Å²) in [7, 11) is 1.52. The Bertz CT molecular complexity index is 616. The molecule has 0 radical (unpaired) electrons. The van der Waals surface area contributed by atoms with E-state index in [4.69, 9.17) is 4.74 Å². The monoisotopic (exact) mass is 335 g/mol. The normalized spacial score (nSPS) is 11.7. The molecule has 1 atom stereocenters. The van der Waals surface area contributed by atoms with Gasteiger partial charge in [0.2, 0.25) is 0 Å². The molecule has 2 N–H and O–H groups in total. The van der Waals surface area contributed by atoms with Crippen LogP contribution in [-0.4, -0.2) is 18.2 Å². The van der Waals surface area contributed by atoms with Crippen molar-refractivity contribution in [2.45, 2.75) is 6.04 Å². The van der Waals surface area contributed by atoms with Crippen LogP contribution < -0.4 is 10.1 Å². The Kier molecular flexibility index (Phi) is 4.63. The summed E-state index contributed by atoms with van der Waals surface area (Å²) in [5.74, 6) is -0.426. The van der Waals surface area contributed by atoms with Crippen LogP contribution in [0.1, 0.15) is 11.6 Å². The summed E-state index contributed by atoms with van der Waals surface area (Å²) in [6, 6.07) is 13.6. The Morgan fingerprint density at radius 1 is 1.20 bits per heavy atom. The minimum atomic E-state index is -0.967. The molecule has 4 nitrogen and oxygen atoms in total. The van der Waals surface area contributed by atoms with Gasteiger partial charge in [-0.15, -0.1) is 0 Å². The van der Waals surface area contributed by atoms with Gasteiger partial charge in [-0.25, -0.2) is 4.79 Å². The molecule has 0 aliphatic heterocycles. The van der Waals surface area contributed by atoms with Gasteiger partial charge < -0.3 is 15.2 Å². The van der Waals surface area contributed by atoms with E-state index >= 15 is 0 Å². The number of para-hydroxylation sites is 2. The molecule has 0 aliphatic rings. The summed E-state index contributed by atoms with van der Waals surface area (Å²) < 4.78 is 6.04. The number of nitrogens with one attached hydrogen (secondary N) is 1. The lowest BCUT2D eigenvalue weighted by Gasteiger charge is -2.19. The molecule has 2 aromatic rings. The molecule has 0 fully saturated rings. The lowest BCUT2D eigenvalue weighted by molar-refractivity contribution is -0.138. The first-order chi connectivity index (χ1) is 9.63. The zero-order valence-electron chi connectivity index (χ0n) is 10.8. The zero-order chi connectivity index (χ0) is 14.5. The van der Waals surface area contributed by atoms with E-state index in [0.717, 1.165) is 4.47 Å². The van der Waals surface area contributed by atoms with Crippen LogP contribution in [0.15, 0.2) is 53.0 Å². The minimum absolute atomic E-state index is 0.541. The Labute approximate surface area is 125 Å². The third-order valence-corrected chi connectivity index (χ3v) is 3.56. The number of carboxylic acid groups (broad SMARTS) is 1. The molecule has 0 aromatic heterocycles. The molecular formula is C15H14BrNO3. The Morgan fingerprint density at radius 2 is 1.85 bits per heavy atom. The van der Waals surface area contributed by atoms with Crippen LogP contribution in [0.3, 0.4) is 0 Å². The second-order valence-corrected chi connectivity index (χ2v) is 4.99. The van der Waals surface area contributed by atoms with Gasteiger partial charge in [0.1, 0.15) is 5.75 Å². The maximum absolute atomic E-state index is 11.6. The molecule has 5 heteroatoms. The quantitative estimate of drug-likeness (QED) is 0.874. The number of halogens is 1. The fourth-order valence-electron chi connectivity index (χ4n) is 1.91. The van der Waals surface area contributed by atoms with E-state index in [9.17, 15) is 9.90 Å². The molecule has 0 saturated carbocycles. The van der Waals surface area contributed by atoms with E-state index in [1.54, 1.807) is 24.3 Å². The van der Waals surface area contributed by atoms with Gasteiger partial charge in [0, 0.05) is 15.7 Å². The second-order valence-electron chi connectivity index (χ2n) is 4.14. The van der Waals surface area contributed by atoms with Crippen LogP contribution in [0, 0.1) is 0 Å². The smallest absolute Gasteiger partial charge is 0.330 e. The summed E-state index contributed by atoms with van der Waals surface area (Å²) in [4.78, 5) is 11.6. The van der Waals surface area contributed by atoms with Gasteiger partial charge in [-0.2, -0.15) is 0 Å². The van der Waals surface area contributed by atoms with Gasteiger partial charge in [-0.1, -0.05) is 30.3 Å². The van der Waals surface area contributed by atoms with Crippen LogP contribution in [0.25, 0.3) is 0 Å². The van der Waals surface area contributed by atoms with E-state index in [1.807, 2.05) is 24.3 Å². The molecule has 0 spiro atoms. The maximum Gasteiger partial charge on any atom is 0.330 e. The summed E-state index contributed by atoms with van der Waals surface area (Å²) in [6.45, 7) is 0. The predicted octanol–water partition coefficient (Wildman–Crippen LogP) is 3.70. The van der Waals surface area contributed by atoms with Gasteiger partial charge in [0.25, 0.3) is 0 Å². The number of hydrogen-bond donors (Lipinski definition) is 2. The number of rotatable bonds is 5. The number of hydrogen-bond acceptors (Lipinski definition) is 3. The molecule has 0 heterocycles. The van der Waals surface area contributed by atoms with Crippen molar-refractivity contribution in [3.05, 3.63) is 58.6 Å². The molecule has 0 amide bonds. The van der Waals surface area contributed by atoms with Gasteiger partial charge >= 0.3 is 5.97 Å². The van der Waals surface area contributed by atoms with Crippen LogP contribution in [0.5, 0.6) is 5.75 Å². The predicted molar refractivity (Wildman–Crippen MR) is 81.1 cm³/mol. The number of methoxy groups -OCH3 is 1. The summed E-state index contributed by atoms with van der Waals surface area (Å²) >= 11 is 3.40. The van der Waals surface area contributed by atoms with Crippen molar-refractivity contribution < 1.29 is 14.6 Å². The van der Waals surface area contributed by atoms with Crippen molar-refractivity contribution in [2.75, 3.05) is 12.4 Å². The standard InChI is InChI=1S/C15H14BrNO3/c1-20-13-9-5-2-6-10(13)14(15(18)19)17-12-8-4-3-7-11(12)16/h2-9,14,17H,1H3,(H,18,19). The summed E-state index contributed by atoms with van der Waals surface area (Å²) in [5, 5.41) is 12.5. The molecule has 0 bridgehead atoms. The first-order valence-corrected chi connectivity index (χ1v) is 6.79. The minimum Gasteiger partial charge on any atom is -0.496 e. The molecule has 2 rings (SSSR count). The second kappa shape index (κ2) is 6.43. The highest BCUT2D eigenvalue weighted by Gasteiger charge is 2.23. The molecule has 2 aromatic carbocycles. The SMILES string of the molecule is COc1ccccc1C(Nc1ccccc1Br)C(=O)O. The van der Waals surface area contributed by atoms with Gasteiger partial charge in [-0.3, -0.25) is 0 Å². The van der Waals surface area contributed by atoms with E-state index in [2.05, 4.69) is 21.2 Å². The highest BCUT2D eigenvalue weighted by atomic mass is 79.9. The fraction of sp³-hybridized carbons (Fsp3) is 0.133. The van der Waals surface area contributed by atoms with Gasteiger partial charge in [-0.05, 0) is 34.1 Å². The maximum atomic E-state index is 11.6. The lowest BCUT2D eigenvalue weighted by Crippen LogP contribution is -2.21. The van der Waals surface area contributed by atoms with Crippen molar-refractivity contribution in [2.24, 2.45) is 0 Å². The van der Waals surface area contributed by atoms with Crippen molar-refractivity contribution in [1.29, 1.82) is 0 Å². The Hall–Kier alpha value is -2.01. The first kappa shape index (κ1) is 14.4. The summed E-state index contributed by atoms with van der Waals surface area (Å²) in [5.41, 5.74) is 1.30. The average Bonchev–Trinajstić information content (AvgIpc) is 2.46. The number of anilines is 1. The number of benzene rings is 2. The van der Waals surface area contributed by atoms with Crippen LogP contribution >= 0.6 is 15.9 Å². The molecule has 20 heavy (non-hydrogen) atoms. The van der Waals surface area contributed by atoms with Gasteiger partial charge in [0.15, 0.2) is 6.04 Å². The lowest BCUT2D eigenvalue weighted by atomic mass is 10.1.